The molecule has 1 aromatic carbocycles. The fourth-order valence-corrected chi connectivity index (χ4v) is 9.30. The van der Waals surface area contributed by atoms with Crippen LogP contribution >= 0.6 is 7.26 Å². The number of hydrogen-bond acceptors (Lipinski definition) is 2. The molecule has 1 aliphatic rings. The largest absolute Gasteiger partial charge is 0.494 e. The average Bonchev–Trinajstić information content (AvgIpc) is 3.70. The van der Waals surface area contributed by atoms with Crippen LogP contribution in [-0.4, -0.2) is 58.0 Å². The molecule has 1 fully saturated rings. The summed E-state index contributed by atoms with van der Waals surface area (Å²) in [5.74, 6) is 1.21. The van der Waals surface area contributed by atoms with Gasteiger partial charge >= 0.3 is 6.18 Å². The normalized spacial score (nSPS) is 17.4. The van der Waals surface area contributed by atoms with Crippen LogP contribution in [0, 0.1) is 38.0 Å². The third kappa shape index (κ3) is 16.6. The number of terminal acetylenes is 1. The van der Waals surface area contributed by atoms with Crippen molar-refractivity contribution in [3.8, 4) is 18.6 Å². The van der Waals surface area contributed by atoms with Gasteiger partial charge in [0.15, 0.2) is 0 Å². The molecule has 2 rings (SSSR count). The third-order valence-corrected chi connectivity index (χ3v) is 12.1. The van der Waals surface area contributed by atoms with E-state index < -0.39 is 25.0 Å². The molecule has 0 aromatic heterocycles. The van der Waals surface area contributed by atoms with Crippen molar-refractivity contribution in [3.63, 3.8) is 0 Å². The van der Waals surface area contributed by atoms with Crippen molar-refractivity contribution in [2.45, 2.75) is 119 Å². The molecule has 9 heteroatoms. The van der Waals surface area contributed by atoms with Crippen LogP contribution in [0.25, 0.3) is 0 Å². The van der Waals surface area contributed by atoms with Gasteiger partial charge < -0.3 is 23.3 Å². The van der Waals surface area contributed by atoms with Crippen molar-refractivity contribution in [2.24, 2.45) is 11.3 Å². The van der Waals surface area contributed by atoms with Crippen LogP contribution in [0.15, 0.2) is 24.3 Å². The van der Waals surface area contributed by atoms with Crippen molar-refractivity contribution in [3.05, 3.63) is 43.7 Å². The molecule has 3 atom stereocenters. The van der Waals surface area contributed by atoms with Crippen LogP contribution in [0.2, 0.25) is 6.82 Å². The fourth-order valence-electron chi connectivity index (χ4n) is 5.74. The molecule has 45 heavy (non-hydrogen) atoms. The summed E-state index contributed by atoms with van der Waals surface area (Å²) in [4.78, 5) is 0. The zero-order chi connectivity index (χ0) is 33.0. The zero-order valence-electron chi connectivity index (χ0n) is 29.4. The van der Waals surface area contributed by atoms with Gasteiger partial charge in [-0.3, -0.25) is 0 Å². The quantitative estimate of drug-likeness (QED) is 0.0540. The van der Waals surface area contributed by atoms with Crippen molar-refractivity contribution in [2.75, 3.05) is 37.9 Å². The molecule has 0 amide bonds. The Morgan fingerprint density at radius 2 is 1.56 bits per heavy atom. The van der Waals surface area contributed by atoms with E-state index in [1.807, 2.05) is 13.8 Å². The van der Waals surface area contributed by atoms with E-state index in [4.69, 9.17) is 9.47 Å². The summed E-state index contributed by atoms with van der Waals surface area (Å²) in [6, 6.07) is 6.49. The summed E-state index contributed by atoms with van der Waals surface area (Å²) in [5, 5.41) is 0. The Hall–Kier alpha value is -3.18. The van der Waals surface area contributed by atoms with Crippen molar-refractivity contribution in [1.29, 1.82) is 0 Å². The molecule has 1 aliphatic carbocycles. The number of ether oxygens (including phenoxy) is 2. The Kier molecular flexibility index (Phi) is 28.6. The minimum atomic E-state index is -4.34. The molecule has 3 unspecified atom stereocenters. The maximum atomic E-state index is 13.9. The minimum absolute atomic E-state index is 0. The second-order valence-electron chi connectivity index (χ2n) is 12.0. The van der Waals surface area contributed by atoms with Crippen LogP contribution in [0.5, 0.6) is 5.75 Å². The van der Waals surface area contributed by atoms with Crippen molar-refractivity contribution >= 4 is 15.1 Å². The van der Waals surface area contributed by atoms with Gasteiger partial charge in [-0.1, -0.05) is 80.2 Å². The molecule has 0 saturated heterocycles. The zero-order valence-corrected chi connectivity index (χ0v) is 43.1. The Labute approximate surface area is 267 Å². The third-order valence-electron chi connectivity index (χ3n) is 7.52. The van der Waals surface area contributed by atoms with E-state index in [-0.39, 0.29) is 26.0 Å². The number of hydrogen-bond donors (Lipinski definition) is 0. The van der Waals surface area contributed by atoms with Gasteiger partial charge in [0.25, 0.3) is 0 Å². The Balaban J connectivity index is -0.000000557. The molecule has 0 bridgehead atoms. The summed E-state index contributed by atoms with van der Waals surface area (Å²) in [7, 11) is 3.40. The van der Waals surface area contributed by atoms with Gasteiger partial charge in [-0.2, -0.15) is 13.2 Å². The van der Waals surface area contributed by atoms with Crippen molar-refractivity contribution in [1.82, 2.24) is 0 Å². The maximum absolute atomic E-state index is 13.9. The molecule has 0 N–H and O–H groups in total. The van der Waals surface area contributed by atoms with Crippen molar-refractivity contribution < 1.29 is 22.6 Å². The summed E-state index contributed by atoms with van der Waals surface area (Å²) in [5.41, 5.74) is -1.30. The Bertz CT molecular complexity index is 846. The molecule has 0 aliphatic heterocycles. The summed E-state index contributed by atoms with van der Waals surface area (Å²) >= 11 is 0. The molecule has 2 radical (unpaired) electrons. The van der Waals surface area contributed by atoms with Crippen LogP contribution in [0.3, 0.4) is 0 Å². The van der Waals surface area contributed by atoms with Gasteiger partial charge in [0.05, 0.1) is 32.9 Å². The van der Waals surface area contributed by atoms with Gasteiger partial charge in [-0.25, -0.2) is 0 Å². The Morgan fingerprint density at radius 1 is 1.02 bits per heavy atom. The van der Waals surface area contributed by atoms with Gasteiger partial charge in [-0.05, 0) is 81.7 Å². The molecular weight excluding hydrogens is 1100 g/mol. The monoisotopic (exact) mass is 1160 g/mol. The summed E-state index contributed by atoms with van der Waals surface area (Å²) < 4.78 is 52.8. The van der Waals surface area contributed by atoms with Gasteiger partial charge in [0.1, 0.15) is 11.2 Å². The number of rotatable bonds is 16. The first-order chi connectivity index (χ1) is 19.8. The fraction of sp³-hybridized carbons (Fsp3) is 0.722. The Morgan fingerprint density at radius 3 is 2.02 bits per heavy atom. The number of benzene rings is 1. The first-order valence-corrected chi connectivity index (χ1v) is 18.1. The molecule has 1 aromatic rings. The second kappa shape index (κ2) is 25.1. The standard InChI is InChI=1S/C30H49F3O2P.C2H6.C2H2.CH3B.CH4.2Rf/c1-8-34-27-22-29(27,30(31,32)33)25-16-15-17-26(20-25)35-18-13-11-12-14-19-36(9-2,10-3)23-24(4)21-28(5,6)7;3*1-2;;;/h15-17,20,24,27H,2-3,8-14,18-19,21-23H2,1,4-7H3;1-2H3;1-2H;1H3;1H4;;/q-1;;;;;;. The predicted molar refractivity (Wildman–Crippen MR) is 188 cm³/mol. The van der Waals surface area contributed by atoms with Crippen LogP contribution in [0.4, 0.5) is 13.2 Å². The summed E-state index contributed by atoms with van der Waals surface area (Å²) in [6.07, 6.45) is 13.0. The molecule has 2 nitrogen and oxygen atoms in total. The van der Waals surface area contributed by atoms with E-state index in [1.165, 1.54) is 32.0 Å². The second-order valence-corrected chi connectivity index (χ2v) is 16.4. The van der Waals surface area contributed by atoms with Crippen LogP contribution in [0.1, 0.15) is 100.0 Å². The minimum Gasteiger partial charge on any atom is -0.494 e. The maximum Gasteiger partial charge on any atom is 0.401 e. The predicted octanol–water partition coefficient (Wildman–Crippen LogP) is 11.1. The topological polar surface area (TPSA) is 18.5 Å². The van der Waals surface area contributed by atoms with E-state index in [2.05, 4.69) is 62.2 Å². The molecule has 0 heterocycles. The molecule has 1 saturated carbocycles. The number of halogens is 3. The molecule has 0 spiro atoms. The van der Waals surface area contributed by atoms with E-state index in [0.717, 1.165) is 31.6 Å². The van der Waals surface area contributed by atoms with Crippen LogP contribution < -0.4 is 4.74 Å². The van der Waals surface area contributed by atoms with E-state index in [9.17, 15) is 13.2 Å². The smallest absolute Gasteiger partial charge is 0.401 e. The summed E-state index contributed by atoms with van der Waals surface area (Å²) in [6.45, 7) is 26.0. The number of unbranched alkanes of at least 4 members (excludes halogenated alkanes) is 3. The van der Waals surface area contributed by atoms with Gasteiger partial charge in [0, 0.05) is 6.61 Å². The SMILES string of the molecule is C.C#C.CC.[B]C.[CH2-]C[P+](C[CH2-])(CCCCCCOc1cccc(C2(C(F)(F)F)CC2OCC)c1)CC(C)CC(C)(C)C.[Rf].[Rf]. The van der Waals surface area contributed by atoms with E-state index in [0.29, 0.717) is 23.7 Å². The van der Waals surface area contributed by atoms with Crippen LogP contribution in [-0.2, 0) is 10.2 Å². The average molecular weight is 1160 g/mol. The van der Waals surface area contributed by atoms with E-state index >= 15 is 0 Å². The van der Waals surface area contributed by atoms with Gasteiger partial charge in [0.2, 0.25) is 0 Å². The first kappa shape index (κ1) is 51.4. The molecular formula is C36H64BF3O2PRf2-. The number of alkyl halides is 3. The van der Waals surface area contributed by atoms with E-state index in [1.54, 1.807) is 31.2 Å². The first-order valence-electron chi connectivity index (χ1n) is 15.6. The molecule has 254 valence electrons. The van der Waals surface area contributed by atoms with Gasteiger partial charge in [-0.15, -0.1) is 12.8 Å².